The van der Waals surface area contributed by atoms with Gasteiger partial charge in [-0.1, -0.05) is 0 Å². The van der Waals surface area contributed by atoms with Gasteiger partial charge in [0.1, 0.15) is 0 Å². The van der Waals surface area contributed by atoms with Crippen LogP contribution in [0.2, 0.25) is 0 Å². The zero-order valence-corrected chi connectivity index (χ0v) is 9.21. The van der Waals surface area contributed by atoms with E-state index in [9.17, 15) is 0 Å². The van der Waals surface area contributed by atoms with E-state index in [0.29, 0.717) is 6.04 Å². The number of rotatable bonds is 4. The summed E-state index contributed by atoms with van der Waals surface area (Å²) in [5.74, 6) is 2.69. The Morgan fingerprint density at radius 2 is 2.00 bits per heavy atom. The second kappa shape index (κ2) is 6.06. The van der Waals surface area contributed by atoms with E-state index >= 15 is 0 Å². The highest BCUT2D eigenvalue weighted by Gasteiger charge is 2.21. The Hall–Kier alpha value is -0.520. The summed E-state index contributed by atoms with van der Waals surface area (Å²) in [4.78, 5) is 2.45. The van der Waals surface area contributed by atoms with Gasteiger partial charge >= 0.3 is 0 Å². The van der Waals surface area contributed by atoms with Crippen LogP contribution in [-0.4, -0.2) is 30.6 Å². The molecule has 0 aromatic heterocycles. The maximum atomic E-state index is 5.87. The van der Waals surface area contributed by atoms with Crippen LogP contribution in [0.15, 0.2) is 0 Å². The standard InChI is InChI=1S/C12H22N2/c1-3-4-5-10-14(2)12-8-6-11(13)7-9-12/h1,11-12H,4-10,13H2,2H3. The van der Waals surface area contributed by atoms with Crippen LogP contribution >= 0.6 is 0 Å². The van der Waals surface area contributed by atoms with Crippen LogP contribution in [0.1, 0.15) is 38.5 Å². The minimum Gasteiger partial charge on any atom is -0.328 e. The van der Waals surface area contributed by atoms with E-state index in [1.807, 2.05) is 0 Å². The van der Waals surface area contributed by atoms with E-state index in [0.717, 1.165) is 25.4 Å². The lowest BCUT2D eigenvalue weighted by molar-refractivity contribution is 0.182. The molecular weight excluding hydrogens is 172 g/mol. The van der Waals surface area contributed by atoms with E-state index in [-0.39, 0.29) is 0 Å². The molecule has 0 radical (unpaired) electrons. The monoisotopic (exact) mass is 194 g/mol. The van der Waals surface area contributed by atoms with E-state index in [4.69, 9.17) is 12.2 Å². The lowest BCUT2D eigenvalue weighted by Gasteiger charge is -2.33. The predicted molar refractivity (Wildman–Crippen MR) is 60.9 cm³/mol. The number of nitrogens with two attached hydrogens (primary N) is 1. The summed E-state index contributed by atoms with van der Waals surface area (Å²) >= 11 is 0. The predicted octanol–water partition coefficient (Wildman–Crippen LogP) is 1.60. The van der Waals surface area contributed by atoms with E-state index in [1.165, 1.54) is 25.7 Å². The van der Waals surface area contributed by atoms with Gasteiger partial charge in [-0.2, -0.15) is 0 Å². The second-order valence-electron chi connectivity index (χ2n) is 4.36. The molecule has 14 heavy (non-hydrogen) atoms. The lowest BCUT2D eigenvalue weighted by Crippen LogP contribution is -2.39. The SMILES string of the molecule is C#CCCCN(C)C1CCC(N)CC1. The van der Waals surface area contributed by atoms with Gasteiger partial charge in [-0.3, -0.25) is 0 Å². The fourth-order valence-electron chi connectivity index (χ4n) is 2.16. The average molecular weight is 194 g/mol. The van der Waals surface area contributed by atoms with Gasteiger partial charge in [0.15, 0.2) is 0 Å². The first-order valence-electron chi connectivity index (χ1n) is 5.63. The number of hydrogen-bond donors (Lipinski definition) is 1. The van der Waals surface area contributed by atoms with E-state index < -0.39 is 0 Å². The largest absolute Gasteiger partial charge is 0.328 e. The van der Waals surface area contributed by atoms with Crippen LogP contribution in [0.4, 0.5) is 0 Å². The molecule has 0 aromatic rings. The fourth-order valence-corrected chi connectivity index (χ4v) is 2.16. The smallest absolute Gasteiger partial charge is 0.00982 e. The number of nitrogens with zero attached hydrogens (tertiary/aromatic N) is 1. The molecule has 80 valence electrons. The molecule has 0 amide bonds. The summed E-state index contributed by atoms with van der Waals surface area (Å²) in [6.45, 7) is 1.13. The molecule has 0 unspecified atom stereocenters. The maximum absolute atomic E-state index is 5.87. The zero-order chi connectivity index (χ0) is 10.4. The molecule has 1 rings (SSSR count). The van der Waals surface area contributed by atoms with Crippen LogP contribution in [0.5, 0.6) is 0 Å². The first-order valence-corrected chi connectivity index (χ1v) is 5.63. The number of unbranched alkanes of at least 4 members (excludes halogenated alkanes) is 1. The summed E-state index contributed by atoms with van der Waals surface area (Å²) in [7, 11) is 2.21. The van der Waals surface area contributed by atoms with E-state index in [1.54, 1.807) is 0 Å². The summed E-state index contributed by atoms with van der Waals surface area (Å²) in [6, 6.07) is 1.19. The average Bonchev–Trinajstić information content (AvgIpc) is 2.19. The normalized spacial score (nSPS) is 27.6. The van der Waals surface area contributed by atoms with Crippen molar-refractivity contribution in [1.82, 2.24) is 4.90 Å². The van der Waals surface area contributed by atoms with Gasteiger partial charge in [-0.15, -0.1) is 12.3 Å². The summed E-state index contributed by atoms with van der Waals surface area (Å²) in [5.41, 5.74) is 5.87. The summed E-state index contributed by atoms with van der Waals surface area (Å²) in [5, 5.41) is 0. The Labute approximate surface area is 87.8 Å². The summed E-state index contributed by atoms with van der Waals surface area (Å²) in [6.07, 6.45) is 12.1. The fraction of sp³-hybridized carbons (Fsp3) is 0.833. The topological polar surface area (TPSA) is 29.3 Å². The van der Waals surface area contributed by atoms with Crippen molar-refractivity contribution in [1.29, 1.82) is 0 Å². The van der Waals surface area contributed by atoms with Crippen molar-refractivity contribution in [2.45, 2.75) is 50.6 Å². The molecule has 0 aliphatic heterocycles. The lowest BCUT2D eigenvalue weighted by atomic mass is 9.91. The van der Waals surface area contributed by atoms with Crippen molar-refractivity contribution in [3.05, 3.63) is 0 Å². The van der Waals surface area contributed by atoms with Crippen LogP contribution in [0.3, 0.4) is 0 Å². The molecule has 2 heteroatoms. The molecule has 0 heterocycles. The number of terminal acetylenes is 1. The molecular formula is C12H22N2. The first kappa shape index (κ1) is 11.6. The van der Waals surface area contributed by atoms with Gasteiger partial charge in [0.2, 0.25) is 0 Å². The van der Waals surface area contributed by atoms with Crippen LogP contribution in [-0.2, 0) is 0 Å². The van der Waals surface area contributed by atoms with Crippen molar-refractivity contribution < 1.29 is 0 Å². The van der Waals surface area contributed by atoms with Gasteiger partial charge in [0.25, 0.3) is 0 Å². The third kappa shape index (κ3) is 3.69. The molecule has 1 fully saturated rings. The molecule has 2 N–H and O–H groups in total. The highest BCUT2D eigenvalue weighted by Crippen LogP contribution is 2.21. The zero-order valence-electron chi connectivity index (χ0n) is 9.21. The van der Waals surface area contributed by atoms with Crippen molar-refractivity contribution >= 4 is 0 Å². The third-order valence-corrected chi connectivity index (χ3v) is 3.20. The van der Waals surface area contributed by atoms with Crippen molar-refractivity contribution in [2.24, 2.45) is 5.73 Å². The third-order valence-electron chi connectivity index (χ3n) is 3.20. The molecule has 0 atom stereocenters. The second-order valence-corrected chi connectivity index (χ2v) is 4.36. The molecule has 2 nitrogen and oxygen atoms in total. The summed E-state index contributed by atoms with van der Waals surface area (Å²) < 4.78 is 0. The maximum Gasteiger partial charge on any atom is 0.00982 e. The Morgan fingerprint density at radius 1 is 1.36 bits per heavy atom. The van der Waals surface area contributed by atoms with Crippen LogP contribution in [0, 0.1) is 12.3 Å². The van der Waals surface area contributed by atoms with Crippen molar-refractivity contribution in [3.63, 3.8) is 0 Å². The van der Waals surface area contributed by atoms with Crippen LogP contribution < -0.4 is 5.73 Å². The van der Waals surface area contributed by atoms with Gasteiger partial charge in [-0.25, -0.2) is 0 Å². The highest BCUT2D eigenvalue weighted by atomic mass is 15.1. The van der Waals surface area contributed by atoms with Crippen LogP contribution in [0.25, 0.3) is 0 Å². The minimum absolute atomic E-state index is 0.449. The Bertz CT molecular complexity index is 187. The Kier molecular flexibility index (Phi) is 5.00. The molecule has 0 spiro atoms. The first-order chi connectivity index (χ1) is 6.74. The van der Waals surface area contributed by atoms with Crippen molar-refractivity contribution in [2.75, 3.05) is 13.6 Å². The quantitative estimate of drug-likeness (QED) is 0.544. The Morgan fingerprint density at radius 3 is 2.57 bits per heavy atom. The van der Waals surface area contributed by atoms with Crippen molar-refractivity contribution in [3.8, 4) is 12.3 Å². The molecule has 1 aliphatic rings. The highest BCUT2D eigenvalue weighted by molar-refractivity contribution is 4.84. The molecule has 0 bridgehead atoms. The Balaban J connectivity index is 2.17. The minimum atomic E-state index is 0.449. The number of hydrogen-bond acceptors (Lipinski definition) is 2. The molecule has 0 saturated heterocycles. The molecule has 1 saturated carbocycles. The van der Waals surface area contributed by atoms with Gasteiger partial charge in [-0.05, 0) is 45.7 Å². The molecule has 1 aliphatic carbocycles. The van der Waals surface area contributed by atoms with Gasteiger partial charge in [0, 0.05) is 18.5 Å². The van der Waals surface area contributed by atoms with Gasteiger partial charge < -0.3 is 10.6 Å². The van der Waals surface area contributed by atoms with E-state index in [2.05, 4.69) is 17.9 Å². The molecule has 0 aromatic carbocycles. The van der Waals surface area contributed by atoms with Gasteiger partial charge in [0.05, 0.1) is 0 Å².